The molecule has 20 heavy (non-hydrogen) atoms. The van der Waals surface area contributed by atoms with Gasteiger partial charge in [-0.1, -0.05) is 28.4 Å². The third kappa shape index (κ3) is 4.37. The van der Waals surface area contributed by atoms with Crippen molar-refractivity contribution in [2.24, 2.45) is 0 Å². The summed E-state index contributed by atoms with van der Waals surface area (Å²) in [5.41, 5.74) is 0. The van der Waals surface area contributed by atoms with E-state index in [2.05, 4.69) is 15.5 Å². The molecule has 0 saturated carbocycles. The highest BCUT2D eigenvalue weighted by Gasteiger charge is 2.10. The van der Waals surface area contributed by atoms with E-state index in [1.807, 2.05) is 14.0 Å². The predicted molar refractivity (Wildman–Crippen MR) is 77.3 cm³/mol. The van der Waals surface area contributed by atoms with Gasteiger partial charge in [-0.2, -0.15) is 4.98 Å². The van der Waals surface area contributed by atoms with Crippen LogP contribution in [0.1, 0.15) is 18.6 Å². The summed E-state index contributed by atoms with van der Waals surface area (Å²) in [5, 5.41) is 8.03. The lowest BCUT2D eigenvalue weighted by molar-refractivity contribution is 0.242. The first kappa shape index (κ1) is 15.1. The van der Waals surface area contributed by atoms with Crippen LogP contribution in [0.15, 0.2) is 22.7 Å². The minimum absolute atomic E-state index is 0.178. The van der Waals surface area contributed by atoms with Crippen LogP contribution >= 0.6 is 23.2 Å². The molecule has 2 aromatic rings. The molecule has 0 saturated heterocycles. The second kappa shape index (κ2) is 6.92. The van der Waals surface area contributed by atoms with Gasteiger partial charge < -0.3 is 14.6 Å². The van der Waals surface area contributed by atoms with Crippen molar-refractivity contribution >= 4 is 23.2 Å². The first-order valence-electron chi connectivity index (χ1n) is 6.14. The Labute approximate surface area is 127 Å². The fourth-order valence-electron chi connectivity index (χ4n) is 1.56. The van der Waals surface area contributed by atoms with Crippen LogP contribution in [0.5, 0.6) is 5.75 Å². The molecule has 0 bridgehead atoms. The summed E-state index contributed by atoms with van der Waals surface area (Å²) in [6.07, 6.45) is 0.697. The number of benzene rings is 1. The van der Waals surface area contributed by atoms with Crippen LogP contribution in [0.3, 0.4) is 0 Å². The van der Waals surface area contributed by atoms with Gasteiger partial charge in [0.15, 0.2) is 12.4 Å². The topological polar surface area (TPSA) is 60.2 Å². The zero-order valence-corrected chi connectivity index (χ0v) is 12.7. The summed E-state index contributed by atoms with van der Waals surface area (Å²) in [5.74, 6) is 1.62. The quantitative estimate of drug-likeness (QED) is 0.887. The lowest BCUT2D eigenvalue weighted by atomic mass is 10.2. The average molecular weight is 316 g/mol. The molecule has 1 heterocycles. The molecule has 0 fully saturated rings. The number of rotatable bonds is 6. The van der Waals surface area contributed by atoms with E-state index >= 15 is 0 Å². The van der Waals surface area contributed by atoms with E-state index in [1.165, 1.54) is 0 Å². The maximum Gasteiger partial charge on any atom is 0.264 e. The molecule has 2 rings (SSSR count). The van der Waals surface area contributed by atoms with E-state index in [1.54, 1.807) is 18.2 Å². The van der Waals surface area contributed by atoms with Crippen LogP contribution in [0.4, 0.5) is 0 Å². The Morgan fingerprint density at radius 1 is 1.30 bits per heavy atom. The monoisotopic (exact) mass is 315 g/mol. The van der Waals surface area contributed by atoms with Gasteiger partial charge in [-0.15, -0.1) is 0 Å². The zero-order chi connectivity index (χ0) is 14.5. The van der Waals surface area contributed by atoms with E-state index in [0.29, 0.717) is 33.9 Å². The normalized spacial score (nSPS) is 12.4. The Morgan fingerprint density at radius 2 is 2.00 bits per heavy atom. The number of ether oxygens (including phenoxy) is 1. The highest BCUT2D eigenvalue weighted by atomic mass is 35.5. The van der Waals surface area contributed by atoms with E-state index in [0.717, 1.165) is 0 Å². The van der Waals surface area contributed by atoms with E-state index in [-0.39, 0.29) is 12.6 Å². The van der Waals surface area contributed by atoms with Crippen molar-refractivity contribution in [3.8, 4) is 5.75 Å². The van der Waals surface area contributed by atoms with E-state index in [4.69, 9.17) is 32.5 Å². The van der Waals surface area contributed by atoms with Crippen molar-refractivity contribution in [3.63, 3.8) is 0 Å². The Kier molecular flexibility index (Phi) is 5.23. The van der Waals surface area contributed by atoms with Crippen molar-refractivity contribution in [3.05, 3.63) is 40.0 Å². The Balaban J connectivity index is 1.94. The molecule has 0 aliphatic carbocycles. The first-order chi connectivity index (χ1) is 9.56. The third-order valence-electron chi connectivity index (χ3n) is 2.69. The minimum Gasteiger partial charge on any atom is -0.484 e. The molecule has 1 N–H and O–H groups in total. The van der Waals surface area contributed by atoms with Crippen LogP contribution in [0, 0.1) is 0 Å². The molecule has 0 amide bonds. The van der Waals surface area contributed by atoms with Gasteiger partial charge in [0, 0.05) is 22.5 Å². The SMILES string of the molecule is CNC(C)Cc1noc(COc2cc(Cl)cc(Cl)c2)n1. The highest BCUT2D eigenvalue weighted by molar-refractivity contribution is 6.34. The summed E-state index contributed by atoms with van der Waals surface area (Å²) in [6, 6.07) is 5.27. The Morgan fingerprint density at radius 3 is 2.65 bits per heavy atom. The summed E-state index contributed by atoms with van der Waals surface area (Å²) in [7, 11) is 1.89. The molecular formula is C13H15Cl2N3O2. The summed E-state index contributed by atoms with van der Waals surface area (Å²) >= 11 is 11.8. The van der Waals surface area contributed by atoms with Crippen LogP contribution < -0.4 is 10.1 Å². The van der Waals surface area contributed by atoms with Gasteiger partial charge in [0.2, 0.25) is 0 Å². The van der Waals surface area contributed by atoms with Crippen molar-refractivity contribution in [2.45, 2.75) is 26.0 Å². The average Bonchev–Trinajstić information content (AvgIpc) is 2.83. The van der Waals surface area contributed by atoms with Crippen LogP contribution in [-0.2, 0) is 13.0 Å². The molecule has 0 spiro atoms. The van der Waals surface area contributed by atoms with Gasteiger partial charge in [-0.3, -0.25) is 0 Å². The Hall–Kier alpha value is -1.30. The van der Waals surface area contributed by atoms with Gasteiger partial charge >= 0.3 is 0 Å². The molecule has 7 heteroatoms. The number of halogens is 2. The van der Waals surface area contributed by atoms with Crippen molar-refractivity contribution in [2.75, 3.05) is 7.05 Å². The van der Waals surface area contributed by atoms with Crippen molar-refractivity contribution < 1.29 is 9.26 Å². The smallest absolute Gasteiger partial charge is 0.264 e. The van der Waals surface area contributed by atoms with Gasteiger partial charge in [0.25, 0.3) is 5.89 Å². The maximum absolute atomic E-state index is 5.89. The minimum atomic E-state index is 0.178. The standard InChI is InChI=1S/C13H15Cl2N3O2/c1-8(16-2)3-12-17-13(20-18-12)7-19-11-5-9(14)4-10(15)6-11/h4-6,8,16H,3,7H2,1-2H3. The fraction of sp³-hybridized carbons (Fsp3) is 0.385. The molecule has 1 aromatic carbocycles. The molecule has 1 aromatic heterocycles. The van der Waals surface area contributed by atoms with Gasteiger partial charge in [-0.05, 0) is 32.2 Å². The van der Waals surface area contributed by atoms with E-state index in [9.17, 15) is 0 Å². The number of aromatic nitrogens is 2. The molecule has 1 atom stereocenters. The van der Waals surface area contributed by atoms with Gasteiger partial charge in [0.1, 0.15) is 5.75 Å². The van der Waals surface area contributed by atoms with Crippen molar-refractivity contribution in [1.82, 2.24) is 15.5 Å². The van der Waals surface area contributed by atoms with Gasteiger partial charge in [-0.25, -0.2) is 0 Å². The van der Waals surface area contributed by atoms with Crippen LogP contribution in [-0.4, -0.2) is 23.2 Å². The maximum atomic E-state index is 5.89. The van der Waals surface area contributed by atoms with E-state index < -0.39 is 0 Å². The molecule has 108 valence electrons. The largest absolute Gasteiger partial charge is 0.484 e. The number of likely N-dealkylation sites (N-methyl/N-ethyl adjacent to an activating group) is 1. The summed E-state index contributed by atoms with van der Waals surface area (Å²) in [4.78, 5) is 4.25. The molecule has 0 aliphatic heterocycles. The third-order valence-corrected chi connectivity index (χ3v) is 3.13. The first-order valence-corrected chi connectivity index (χ1v) is 6.90. The van der Waals surface area contributed by atoms with Crippen LogP contribution in [0.2, 0.25) is 10.0 Å². The number of hydrogen-bond acceptors (Lipinski definition) is 5. The Bertz CT molecular complexity index is 554. The number of hydrogen-bond donors (Lipinski definition) is 1. The summed E-state index contributed by atoms with van der Waals surface area (Å²) in [6.45, 7) is 2.22. The molecule has 1 unspecified atom stereocenters. The second-order valence-corrected chi connectivity index (χ2v) is 5.26. The molecular weight excluding hydrogens is 301 g/mol. The zero-order valence-electron chi connectivity index (χ0n) is 11.2. The highest BCUT2D eigenvalue weighted by Crippen LogP contribution is 2.24. The van der Waals surface area contributed by atoms with Gasteiger partial charge in [0.05, 0.1) is 0 Å². The lowest BCUT2D eigenvalue weighted by Crippen LogP contribution is -2.24. The van der Waals surface area contributed by atoms with Crippen molar-refractivity contribution in [1.29, 1.82) is 0 Å². The lowest BCUT2D eigenvalue weighted by Gasteiger charge is -2.05. The molecule has 0 aliphatic rings. The predicted octanol–water partition coefficient (Wildman–Crippen LogP) is 3.11. The number of nitrogens with zero attached hydrogens (tertiary/aromatic N) is 2. The van der Waals surface area contributed by atoms with Crippen LogP contribution in [0.25, 0.3) is 0 Å². The molecule has 0 radical (unpaired) electrons. The second-order valence-electron chi connectivity index (χ2n) is 4.39. The fourth-order valence-corrected chi connectivity index (χ4v) is 2.07. The summed E-state index contributed by atoms with van der Waals surface area (Å²) < 4.78 is 10.6. The molecule has 5 nitrogen and oxygen atoms in total. The number of nitrogens with one attached hydrogen (secondary N) is 1.